The summed E-state index contributed by atoms with van der Waals surface area (Å²) in [6.45, 7) is 0. The van der Waals surface area contributed by atoms with Gasteiger partial charge in [0.15, 0.2) is 0 Å². The van der Waals surface area contributed by atoms with Crippen LogP contribution in [0.1, 0.15) is 51.4 Å². The molecule has 1 rings (SSSR count). The topological polar surface area (TPSA) is 0 Å². The van der Waals surface area contributed by atoms with Crippen molar-refractivity contribution in [3.05, 3.63) is 24.3 Å². The lowest BCUT2D eigenvalue weighted by Crippen LogP contribution is -1.89. The van der Waals surface area contributed by atoms with Crippen molar-refractivity contribution in [3.63, 3.8) is 0 Å². The number of thiol groups is 1. The molecule has 0 unspecified atom stereocenters. The van der Waals surface area contributed by atoms with Crippen molar-refractivity contribution in [1.82, 2.24) is 0 Å². The summed E-state index contributed by atoms with van der Waals surface area (Å²) >= 11 is 4.22. The van der Waals surface area contributed by atoms with Crippen LogP contribution in [0.3, 0.4) is 0 Å². The summed E-state index contributed by atoms with van der Waals surface area (Å²) in [7, 11) is 0. The summed E-state index contributed by atoms with van der Waals surface area (Å²) in [6, 6.07) is 0. The Morgan fingerprint density at radius 2 is 1.27 bits per heavy atom. The molecule has 0 aromatic rings. The molecular formula is C14H24S. The lowest BCUT2D eigenvalue weighted by Gasteiger charge is -2.04. The Morgan fingerprint density at radius 3 is 1.87 bits per heavy atom. The minimum absolute atomic E-state index is 0.745. The molecule has 0 amide bonds. The maximum absolute atomic E-state index is 4.22. The van der Waals surface area contributed by atoms with Gasteiger partial charge in [0.25, 0.3) is 0 Å². The predicted octanol–water partition coefficient (Wildman–Crippen LogP) is 4.78. The van der Waals surface area contributed by atoms with Crippen LogP contribution >= 0.6 is 12.6 Å². The molecule has 0 N–H and O–H groups in total. The van der Waals surface area contributed by atoms with E-state index in [1.165, 1.54) is 51.4 Å². The highest BCUT2D eigenvalue weighted by atomic mass is 32.1. The fourth-order valence-electron chi connectivity index (χ4n) is 2.05. The average Bonchev–Trinajstić information content (AvgIpc) is 2.75. The molecule has 0 atom stereocenters. The first-order valence-corrected chi connectivity index (χ1v) is 7.02. The summed E-state index contributed by atoms with van der Waals surface area (Å²) in [5.41, 5.74) is 0. The quantitative estimate of drug-likeness (QED) is 0.423. The van der Waals surface area contributed by atoms with Crippen LogP contribution in [0.5, 0.6) is 0 Å². The summed E-state index contributed by atoms with van der Waals surface area (Å²) in [5, 5.41) is 0. The Morgan fingerprint density at radius 1 is 0.733 bits per heavy atom. The highest BCUT2D eigenvalue weighted by Crippen LogP contribution is 2.17. The zero-order valence-electron chi connectivity index (χ0n) is 9.70. The van der Waals surface area contributed by atoms with Gasteiger partial charge >= 0.3 is 0 Å². The van der Waals surface area contributed by atoms with Crippen molar-refractivity contribution in [3.8, 4) is 0 Å². The Labute approximate surface area is 100 Å². The highest BCUT2D eigenvalue weighted by molar-refractivity contribution is 7.80. The van der Waals surface area contributed by atoms with E-state index >= 15 is 0 Å². The van der Waals surface area contributed by atoms with Gasteiger partial charge in [0.2, 0.25) is 0 Å². The molecule has 0 nitrogen and oxygen atoms in total. The first-order chi connectivity index (χ1) is 7.43. The van der Waals surface area contributed by atoms with Crippen molar-refractivity contribution in [2.75, 3.05) is 5.75 Å². The highest BCUT2D eigenvalue weighted by Gasteiger charge is 2.02. The van der Waals surface area contributed by atoms with Gasteiger partial charge in [-0.15, -0.1) is 0 Å². The van der Waals surface area contributed by atoms with E-state index < -0.39 is 0 Å². The van der Waals surface area contributed by atoms with Crippen molar-refractivity contribution < 1.29 is 0 Å². The fraction of sp³-hybridized carbons (Fsp3) is 0.714. The molecule has 0 radical (unpaired) electrons. The number of hydrogen-bond donors (Lipinski definition) is 1. The summed E-state index contributed by atoms with van der Waals surface area (Å²) in [5.74, 6) is 1.80. The molecule has 15 heavy (non-hydrogen) atoms. The molecule has 0 saturated carbocycles. The monoisotopic (exact) mass is 224 g/mol. The number of rotatable bonds is 9. The van der Waals surface area contributed by atoms with E-state index in [9.17, 15) is 0 Å². The molecule has 0 saturated heterocycles. The molecule has 0 aliphatic heterocycles. The molecule has 0 aromatic heterocycles. The van der Waals surface area contributed by atoms with Gasteiger partial charge in [0.1, 0.15) is 0 Å². The molecule has 0 bridgehead atoms. The Balaban J connectivity index is 1.77. The van der Waals surface area contributed by atoms with Gasteiger partial charge in [-0.1, -0.05) is 62.8 Å². The van der Waals surface area contributed by atoms with Gasteiger partial charge in [0.05, 0.1) is 0 Å². The van der Waals surface area contributed by atoms with Crippen molar-refractivity contribution in [2.24, 2.45) is 5.92 Å². The van der Waals surface area contributed by atoms with E-state index in [-0.39, 0.29) is 0 Å². The fourth-order valence-corrected chi connectivity index (χ4v) is 2.27. The second-order valence-corrected chi connectivity index (χ2v) is 4.87. The van der Waals surface area contributed by atoms with Gasteiger partial charge in [-0.25, -0.2) is 0 Å². The van der Waals surface area contributed by atoms with E-state index in [1.54, 1.807) is 0 Å². The number of unbranched alkanes of at least 4 members (excludes halogenated alkanes) is 6. The summed E-state index contributed by atoms with van der Waals surface area (Å²) in [6.07, 6.45) is 20.0. The van der Waals surface area contributed by atoms with Crippen LogP contribution < -0.4 is 0 Å². The largest absolute Gasteiger partial charge is 0.179 e. The van der Waals surface area contributed by atoms with E-state index in [0.29, 0.717) is 0 Å². The first kappa shape index (κ1) is 12.9. The van der Waals surface area contributed by atoms with Gasteiger partial charge < -0.3 is 0 Å². The smallest absolute Gasteiger partial charge is 0.00473 e. The molecule has 0 heterocycles. The van der Waals surface area contributed by atoms with E-state index in [1.807, 2.05) is 0 Å². The molecule has 0 fully saturated rings. The Hall–Kier alpha value is -0.170. The minimum atomic E-state index is 0.745. The maximum atomic E-state index is 4.22. The van der Waals surface area contributed by atoms with Crippen LogP contribution in [0.4, 0.5) is 0 Å². The second-order valence-electron chi connectivity index (χ2n) is 4.42. The van der Waals surface area contributed by atoms with Crippen molar-refractivity contribution in [1.29, 1.82) is 0 Å². The van der Waals surface area contributed by atoms with Crippen LogP contribution in [0.2, 0.25) is 0 Å². The molecule has 1 aliphatic rings. The summed E-state index contributed by atoms with van der Waals surface area (Å²) < 4.78 is 0. The van der Waals surface area contributed by atoms with Crippen molar-refractivity contribution >= 4 is 12.6 Å². The summed E-state index contributed by atoms with van der Waals surface area (Å²) in [4.78, 5) is 0. The molecular weight excluding hydrogens is 200 g/mol. The third-order valence-corrected chi connectivity index (χ3v) is 3.34. The normalized spacial score (nSPS) is 15.3. The predicted molar refractivity (Wildman–Crippen MR) is 72.6 cm³/mol. The van der Waals surface area contributed by atoms with Crippen LogP contribution in [0.15, 0.2) is 24.3 Å². The Kier molecular flexibility index (Phi) is 7.81. The minimum Gasteiger partial charge on any atom is -0.179 e. The SMILES string of the molecule is SCCCCCCCCCC1C=CC=C1. The zero-order valence-corrected chi connectivity index (χ0v) is 10.6. The molecule has 0 aromatic carbocycles. The van der Waals surface area contributed by atoms with E-state index in [4.69, 9.17) is 0 Å². The lowest BCUT2D eigenvalue weighted by atomic mass is 10.0. The molecule has 1 aliphatic carbocycles. The number of hydrogen-bond acceptors (Lipinski definition) is 1. The van der Waals surface area contributed by atoms with Crippen LogP contribution in [0.25, 0.3) is 0 Å². The van der Waals surface area contributed by atoms with Crippen LogP contribution in [-0.4, -0.2) is 5.75 Å². The van der Waals surface area contributed by atoms with Crippen LogP contribution in [0, 0.1) is 5.92 Å². The second kappa shape index (κ2) is 9.08. The first-order valence-electron chi connectivity index (χ1n) is 6.39. The zero-order chi connectivity index (χ0) is 10.8. The molecule has 1 heteroatoms. The van der Waals surface area contributed by atoms with E-state index in [0.717, 1.165) is 11.7 Å². The van der Waals surface area contributed by atoms with Crippen LogP contribution in [-0.2, 0) is 0 Å². The number of allylic oxidation sites excluding steroid dienone is 4. The average molecular weight is 224 g/mol. The van der Waals surface area contributed by atoms with Gasteiger partial charge in [0, 0.05) is 0 Å². The van der Waals surface area contributed by atoms with E-state index in [2.05, 4.69) is 36.9 Å². The molecule has 0 spiro atoms. The third kappa shape index (κ3) is 6.83. The Bertz CT molecular complexity index is 182. The van der Waals surface area contributed by atoms with Gasteiger partial charge in [-0.2, -0.15) is 12.6 Å². The van der Waals surface area contributed by atoms with Gasteiger partial charge in [-0.05, 0) is 24.5 Å². The lowest BCUT2D eigenvalue weighted by molar-refractivity contribution is 0.557. The standard InChI is InChI=1S/C14H24S/c15-13-9-5-3-1-2-4-6-10-14-11-7-8-12-14/h7-8,11-12,14-15H,1-6,9-10,13H2. The maximum Gasteiger partial charge on any atom is -0.00473 e. The third-order valence-electron chi connectivity index (χ3n) is 3.02. The van der Waals surface area contributed by atoms with Crippen molar-refractivity contribution in [2.45, 2.75) is 51.4 Å². The van der Waals surface area contributed by atoms with Gasteiger partial charge in [-0.3, -0.25) is 0 Å². The molecule has 86 valence electrons.